The summed E-state index contributed by atoms with van der Waals surface area (Å²) in [6.07, 6.45) is 3.87. The number of benzene rings is 1. The quantitative estimate of drug-likeness (QED) is 0.845. The summed E-state index contributed by atoms with van der Waals surface area (Å²) >= 11 is 0. The summed E-state index contributed by atoms with van der Waals surface area (Å²) in [5.41, 5.74) is 2.63. The van der Waals surface area contributed by atoms with E-state index in [0.717, 1.165) is 19.6 Å². The molecule has 0 fully saturated rings. The molecule has 1 N–H and O–H groups in total. The lowest BCUT2D eigenvalue weighted by Gasteiger charge is -2.15. The first-order valence-electron chi connectivity index (χ1n) is 6.56. The maximum absolute atomic E-state index is 4.24. The van der Waals surface area contributed by atoms with E-state index in [-0.39, 0.29) is 0 Å². The van der Waals surface area contributed by atoms with Crippen molar-refractivity contribution in [2.45, 2.75) is 32.9 Å². The molecular weight excluding hydrogens is 222 g/mol. The van der Waals surface area contributed by atoms with Gasteiger partial charge in [0.1, 0.15) is 0 Å². The van der Waals surface area contributed by atoms with Gasteiger partial charge in [-0.25, -0.2) is 4.98 Å². The van der Waals surface area contributed by atoms with Crippen molar-refractivity contribution < 1.29 is 0 Å². The van der Waals surface area contributed by atoms with E-state index in [2.05, 4.69) is 59.0 Å². The number of hydrogen-bond donors (Lipinski definition) is 1. The second kappa shape index (κ2) is 6.36. The molecule has 1 heterocycles. The summed E-state index contributed by atoms with van der Waals surface area (Å²) < 4.78 is 2.24. The number of rotatable bonds is 6. The molecule has 1 aromatic carbocycles. The van der Waals surface area contributed by atoms with Crippen LogP contribution in [0.25, 0.3) is 0 Å². The lowest BCUT2D eigenvalue weighted by molar-refractivity contribution is 0.561. The van der Waals surface area contributed by atoms with Gasteiger partial charge in [-0.15, -0.1) is 0 Å². The van der Waals surface area contributed by atoms with E-state index in [1.54, 1.807) is 0 Å². The highest BCUT2D eigenvalue weighted by molar-refractivity contribution is 5.18. The molecule has 0 saturated heterocycles. The summed E-state index contributed by atoms with van der Waals surface area (Å²) in [7, 11) is 0. The molecule has 0 spiro atoms. The van der Waals surface area contributed by atoms with Gasteiger partial charge in [-0.05, 0) is 18.0 Å². The summed E-state index contributed by atoms with van der Waals surface area (Å²) in [4.78, 5) is 4.24. The average molecular weight is 243 g/mol. The van der Waals surface area contributed by atoms with Crippen LogP contribution < -0.4 is 5.32 Å². The third-order valence-electron chi connectivity index (χ3n) is 3.19. The van der Waals surface area contributed by atoms with Gasteiger partial charge in [-0.2, -0.15) is 0 Å². The van der Waals surface area contributed by atoms with Gasteiger partial charge in [0, 0.05) is 19.3 Å². The third-order valence-corrected chi connectivity index (χ3v) is 3.19. The molecule has 2 rings (SSSR count). The first-order chi connectivity index (χ1) is 8.81. The minimum absolute atomic E-state index is 0.501. The monoisotopic (exact) mass is 243 g/mol. The van der Waals surface area contributed by atoms with Gasteiger partial charge in [-0.3, -0.25) is 0 Å². The number of imidazole rings is 1. The summed E-state index contributed by atoms with van der Waals surface area (Å²) in [5, 5.41) is 3.34. The lowest BCUT2D eigenvalue weighted by atomic mass is 10.0. The number of hydrogen-bond acceptors (Lipinski definition) is 2. The average Bonchev–Trinajstić information content (AvgIpc) is 2.84. The Balaban J connectivity index is 2.03. The normalized spacial score (nSPS) is 12.6. The van der Waals surface area contributed by atoms with E-state index in [1.165, 1.54) is 11.3 Å². The largest absolute Gasteiger partial charge is 0.333 e. The van der Waals surface area contributed by atoms with Crippen molar-refractivity contribution in [1.82, 2.24) is 14.9 Å². The highest BCUT2D eigenvalue weighted by atomic mass is 15.1. The van der Waals surface area contributed by atoms with Crippen molar-refractivity contribution in [2.75, 3.05) is 6.54 Å². The molecule has 18 heavy (non-hydrogen) atoms. The van der Waals surface area contributed by atoms with Crippen LogP contribution in [0, 0.1) is 0 Å². The summed E-state index contributed by atoms with van der Waals surface area (Å²) in [6.45, 7) is 7.22. The van der Waals surface area contributed by atoms with Gasteiger partial charge < -0.3 is 9.88 Å². The van der Waals surface area contributed by atoms with Crippen LogP contribution in [0.5, 0.6) is 0 Å². The fraction of sp³-hybridized carbons (Fsp3) is 0.400. The van der Waals surface area contributed by atoms with Crippen molar-refractivity contribution in [1.29, 1.82) is 0 Å². The van der Waals surface area contributed by atoms with Gasteiger partial charge >= 0.3 is 0 Å². The fourth-order valence-corrected chi connectivity index (χ4v) is 2.09. The first kappa shape index (κ1) is 12.8. The van der Waals surface area contributed by atoms with Crippen LogP contribution in [0.4, 0.5) is 0 Å². The van der Waals surface area contributed by atoms with Crippen LogP contribution in [-0.2, 0) is 13.1 Å². The smallest absolute Gasteiger partial charge is 0.0948 e. The molecule has 0 radical (unpaired) electrons. The molecular formula is C15H21N3. The highest BCUT2D eigenvalue weighted by Crippen LogP contribution is 2.17. The van der Waals surface area contributed by atoms with Gasteiger partial charge in [0.25, 0.3) is 0 Å². The van der Waals surface area contributed by atoms with Crippen LogP contribution >= 0.6 is 0 Å². The Hall–Kier alpha value is -1.61. The second-order valence-corrected chi connectivity index (χ2v) is 4.63. The number of nitrogens with zero attached hydrogens (tertiary/aromatic N) is 2. The minimum Gasteiger partial charge on any atom is -0.333 e. The Labute approximate surface area is 109 Å². The van der Waals surface area contributed by atoms with E-state index in [9.17, 15) is 0 Å². The van der Waals surface area contributed by atoms with Crippen LogP contribution in [0.1, 0.15) is 31.0 Å². The zero-order valence-electron chi connectivity index (χ0n) is 11.1. The SMILES string of the molecule is CCNCc1cncn1CC(C)c1ccccc1. The van der Waals surface area contributed by atoms with Gasteiger partial charge in [0.15, 0.2) is 0 Å². The summed E-state index contributed by atoms with van der Waals surface area (Å²) in [6, 6.07) is 10.6. The second-order valence-electron chi connectivity index (χ2n) is 4.63. The molecule has 1 aromatic heterocycles. The standard InChI is InChI=1S/C15H21N3/c1-3-16-9-15-10-17-12-18(15)11-13(2)14-7-5-4-6-8-14/h4-8,10,12-13,16H,3,9,11H2,1-2H3. The van der Waals surface area contributed by atoms with Crippen LogP contribution in [0.3, 0.4) is 0 Å². The first-order valence-corrected chi connectivity index (χ1v) is 6.56. The molecule has 0 bridgehead atoms. The Morgan fingerprint density at radius 2 is 2.06 bits per heavy atom. The predicted molar refractivity (Wildman–Crippen MR) is 74.5 cm³/mol. The molecule has 3 heteroatoms. The molecule has 0 amide bonds. The Morgan fingerprint density at radius 3 is 2.78 bits per heavy atom. The van der Waals surface area contributed by atoms with E-state index >= 15 is 0 Å². The number of aromatic nitrogens is 2. The van der Waals surface area contributed by atoms with Crippen LogP contribution in [-0.4, -0.2) is 16.1 Å². The highest BCUT2D eigenvalue weighted by Gasteiger charge is 2.08. The van der Waals surface area contributed by atoms with Gasteiger partial charge in [0.2, 0.25) is 0 Å². The maximum Gasteiger partial charge on any atom is 0.0948 e. The Morgan fingerprint density at radius 1 is 1.28 bits per heavy atom. The molecule has 96 valence electrons. The lowest BCUT2D eigenvalue weighted by Crippen LogP contribution is -2.16. The Bertz CT molecular complexity index is 462. The van der Waals surface area contributed by atoms with Crippen LogP contribution in [0.15, 0.2) is 42.9 Å². The third kappa shape index (κ3) is 3.20. The molecule has 0 aliphatic heterocycles. The zero-order valence-corrected chi connectivity index (χ0v) is 11.1. The fourth-order valence-electron chi connectivity index (χ4n) is 2.09. The van der Waals surface area contributed by atoms with E-state index in [0.29, 0.717) is 5.92 Å². The van der Waals surface area contributed by atoms with Crippen molar-refractivity contribution >= 4 is 0 Å². The van der Waals surface area contributed by atoms with Gasteiger partial charge in [0.05, 0.1) is 12.0 Å². The molecule has 1 unspecified atom stereocenters. The zero-order chi connectivity index (χ0) is 12.8. The Kier molecular flexibility index (Phi) is 4.53. The van der Waals surface area contributed by atoms with Crippen molar-refractivity contribution in [3.63, 3.8) is 0 Å². The van der Waals surface area contributed by atoms with E-state index in [1.807, 2.05) is 12.5 Å². The molecule has 0 aliphatic rings. The van der Waals surface area contributed by atoms with Crippen molar-refractivity contribution in [2.24, 2.45) is 0 Å². The van der Waals surface area contributed by atoms with Crippen molar-refractivity contribution in [3.05, 3.63) is 54.1 Å². The maximum atomic E-state index is 4.24. The van der Waals surface area contributed by atoms with E-state index < -0.39 is 0 Å². The molecule has 0 saturated carbocycles. The molecule has 0 aliphatic carbocycles. The minimum atomic E-state index is 0.501. The topological polar surface area (TPSA) is 29.9 Å². The summed E-state index contributed by atoms with van der Waals surface area (Å²) in [5.74, 6) is 0.501. The molecule has 1 atom stereocenters. The number of nitrogens with one attached hydrogen (secondary N) is 1. The molecule has 2 aromatic rings. The van der Waals surface area contributed by atoms with Crippen molar-refractivity contribution in [3.8, 4) is 0 Å². The van der Waals surface area contributed by atoms with Crippen LogP contribution in [0.2, 0.25) is 0 Å². The predicted octanol–water partition coefficient (Wildman–Crippen LogP) is 2.80. The molecule has 3 nitrogen and oxygen atoms in total. The van der Waals surface area contributed by atoms with Gasteiger partial charge in [-0.1, -0.05) is 44.2 Å². The van der Waals surface area contributed by atoms with E-state index in [4.69, 9.17) is 0 Å².